The summed E-state index contributed by atoms with van der Waals surface area (Å²) in [6.07, 6.45) is 0. The second-order valence-corrected chi connectivity index (χ2v) is 7.28. The molecule has 0 saturated carbocycles. The highest BCUT2D eigenvalue weighted by Crippen LogP contribution is 2.25. The molecule has 0 aliphatic heterocycles. The Bertz CT molecular complexity index is 899. The molecule has 0 aliphatic carbocycles. The maximum absolute atomic E-state index is 13.8. The van der Waals surface area contributed by atoms with E-state index in [0.29, 0.717) is 17.5 Å². The molecule has 0 bridgehead atoms. The summed E-state index contributed by atoms with van der Waals surface area (Å²) in [5.74, 6) is 0.661. The van der Waals surface area contributed by atoms with Crippen molar-refractivity contribution >= 4 is 23.1 Å². The number of aromatic nitrogens is 2. The average Bonchev–Trinajstić information content (AvgIpc) is 2.56. The Labute approximate surface area is 153 Å². The van der Waals surface area contributed by atoms with Gasteiger partial charge in [-0.05, 0) is 42.2 Å². The van der Waals surface area contributed by atoms with Crippen molar-refractivity contribution in [1.82, 2.24) is 9.97 Å². The molecule has 0 amide bonds. The minimum atomic E-state index is -0.343. The van der Waals surface area contributed by atoms with Crippen LogP contribution in [0, 0.1) is 12.7 Å². The van der Waals surface area contributed by atoms with E-state index in [9.17, 15) is 4.39 Å². The van der Waals surface area contributed by atoms with Gasteiger partial charge in [0.05, 0.1) is 5.69 Å². The van der Waals surface area contributed by atoms with Crippen molar-refractivity contribution in [2.45, 2.75) is 33.1 Å². The summed E-state index contributed by atoms with van der Waals surface area (Å²) in [5, 5.41) is 6.21. The highest BCUT2D eigenvalue weighted by molar-refractivity contribution is 5.60. The van der Waals surface area contributed by atoms with Gasteiger partial charge in [-0.1, -0.05) is 45.0 Å². The van der Waals surface area contributed by atoms with Crippen LogP contribution in [0.5, 0.6) is 0 Å². The molecule has 2 aromatic carbocycles. The van der Waals surface area contributed by atoms with E-state index >= 15 is 0 Å². The Morgan fingerprint density at radius 2 is 1.58 bits per heavy atom. The van der Waals surface area contributed by atoms with Gasteiger partial charge in [0.25, 0.3) is 0 Å². The number of benzene rings is 2. The Hall–Kier alpha value is -2.95. The molecule has 0 unspecified atom stereocenters. The van der Waals surface area contributed by atoms with Crippen LogP contribution < -0.4 is 10.6 Å². The van der Waals surface area contributed by atoms with Gasteiger partial charge >= 0.3 is 0 Å². The molecule has 26 heavy (non-hydrogen) atoms. The molecule has 0 aliphatic rings. The van der Waals surface area contributed by atoms with Crippen LogP contribution in [-0.4, -0.2) is 9.97 Å². The summed E-state index contributed by atoms with van der Waals surface area (Å²) in [5.41, 5.74) is 3.45. The molecule has 3 aromatic rings. The van der Waals surface area contributed by atoms with Gasteiger partial charge in [-0.3, -0.25) is 0 Å². The molecule has 0 radical (unpaired) electrons. The van der Waals surface area contributed by atoms with Crippen molar-refractivity contribution in [3.63, 3.8) is 0 Å². The number of nitrogens with one attached hydrogen (secondary N) is 2. The third-order valence-corrected chi connectivity index (χ3v) is 4.00. The number of aryl methyl sites for hydroxylation is 1. The third kappa shape index (κ3) is 4.36. The van der Waals surface area contributed by atoms with Crippen LogP contribution in [0.4, 0.5) is 27.5 Å². The first kappa shape index (κ1) is 17.9. The highest BCUT2D eigenvalue weighted by Gasteiger charge is 2.13. The Kier molecular flexibility index (Phi) is 4.89. The lowest BCUT2D eigenvalue weighted by molar-refractivity contribution is 0.590. The Morgan fingerprint density at radius 3 is 2.23 bits per heavy atom. The molecule has 3 rings (SSSR count). The molecule has 0 fully saturated rings. The van der Waals surface area contributed by atoms with E-state index in [-0.39, 0.29) is 11.2 Å². The summed E-state index contributed by atoms with van der Waals surface area (Å²) < 4.78 is 13.8. The summed E-state index contributed by atoms with van der Waals surface area (Å²) >= 11 is 0. The fourth-order valence-corrected chi connectivity index (χ4v) is 2.57. The number of para-hydroxylation sites is 1. The second-order valence-electron chi connectivity index (χ2n) is 7.28. The maximum atomic E-state index is 13.8. The van der Waals surface area contributed by atoms with E-state index in [1.165, 1.54) is 11.6 Å². The van der Waals surface area contributed by atoms with Gasteiger partial charge in [0.1, 0.15) is 11.6 Å². The lowest BCUT2D eigenvalue weighted by Crippen LogP contribution is -2.10. The number of rotatable bonds is 4. The Morgan fingerprint density at radius 1 is 0.885 bits per heavy atom. The quantitative estimate of drug-likeness (QED) is 0.633. The van der Waals surface area contributed by atoms with Gasteiger partial charge in [0.2, 0.25) is 5.95 Å². The van der Waals surface area contributed by atoms with Gasteiger partial charge in [-0.15, -0.1) is 0 Å². The summed E-state index contributed by atoms with van der Waals surface area (Å²) in [6, 6.07) is 16.6. The smallest absolute Gasteiger partial charge is 0.229 e. The van der Waals surface area contributed by atoms with Gasteiger partial charge in [-0.25, -0.2) is 9.37 Å². The molecule has 1 heterocycles. The SMILES string of the molecule is Cc1cc(Nc2ccc(C(C)(C)C)cc2)nc(Nc2ccccc2F)n1. The largest absolute Gasteiger partial charge is 0.340 e. The Balaban J connectivity index is 1.80. The minimum absolute atomic E-state index is 0.112. The topological polar surface area (TPSA) is 49.8 Å². The van der Waals surface area contributed by atoms with Crippen LogP contribution in [0.3, 0.4) is 0 Å². The predicted molar refractivity (Wildman–Crippen MR) is 105 cm³/mol. The average molecular weight is 350 g/mol. The lowest BCUT2D eigenvalue weighted by atomic mass is 9.87. The van der Waals surface area contributed by atoms with E-state index < -0.39 is 0 Å². The van der Waals surface area contributed by atoms with E-state index in [4.69, 9.17) is 0 Å². The first-order chi connectivity index (χ1) is 12.3. The summed E-state index contributed by atoms with van der Waals surface area (Å²) in [6.45, 7) is 8.43. The minimum Gasteiger partial charge on any atom is -0.340 e. The molecule has 134 valence electrons. The number of hydrogen-bond acceptors (Lipinski definition) is 4. The molecule has 0 spiro atoms. The van der Waals surface area contributed by atoms with Crippen molar-refractivity contribution < 1.29 is 4.39 Å². The van der Waals surface area contributed by atoms with Crippen molar-refractivity contribution in [2.24, 2.45) is 0 Å². The van der Waals surface area contributed by atoms with Crippen LogP contribution in [-0.2, 0) is 5.41 Å². The zero-order chi connectivity index (χ0) is 18.7. The van der Waals surface area contributed by atoms with E-state index in [1.54, 1.807) is 18.2 Å². The normalized spacial score (nSPS) is 11.3. The van der Waals surface area contributed by atoms with E-state index in [1.807, 2.05) is 25.1 Å². The zero-order valence-electron chi connectivity index (χ0n) is 15.5. The van der Waals surface area contributed by atoms with Crippen LogP contribution in [0.2, 0.25) is 0 Å². The number of halogens is 1. The van der Waals surface area contributed by atoms with Crippen molar-refractivity contribution in [1.29, 1.82) is 0 Å². The fraction of sp³-hybridized carbons (Fsp3) is 0.238. The van der Waals surface area contributed by atoms with Gasteiger partial charge in [-0.2, -0.15) is 4.98 Å². The molecule has 1 aromatic heterocycles. The molecular weight excluding hydrogens is 327 g/mol. The molecule has 2 N–H and O–H groups in total. The van der Waals surface area contributed by atoms with Gasteiger partial charge in [0, 0.05) is 17.4 Å². The van der Waals surface area contributed by atoms with E-state index in [2.05, 4.69) is 53.5 Å². The number of anilines is 4. The van der Waals surface area contributed by atoms with E-state index in [0.717, 1.165) is 11.4 Å². The third-order valence-electron chi connectivity index (χ3n) is 4.00. The van der Waals surface area contributed by atoms with Crippen LogP contribution in [0.25, 0.3) is 0 Å². The molecule has 4 nitrogen and oxygen atoms in total. The molecule has 0 saturated heterocycles. The van der Waals surface area contributed by atoms with Gasteiger partial charge < -0.3 is 10.6 Å². The second kappa shape index (κ2) is 7.12. The zero-order valence-corrected chi connectivity index (χ0v) is 15.5. The van der Waals surface area contributed by atoms with Crippen LogP contribution >= 0.6 is 0 Å². The lowest BCUT2D eigenvalue weighted by Gasteiger charge is -2.19. The van der Waals surface area contributed by atoms with Crippen molar-refractivity contribution in [2.75, 3.05) is 10.6 Å². The molecule has 0 atom stereocenters. The first-order valence-electron chi connectivity index (χ1n) is 8.56. The first-order valence-corrected chi connectivity index (χ1v) is 8.56. The number of hydrogen-bond donors (Lipinski definition) is 2. The monoisotopic (exact) mass is 350 g/mol. The number of nitrogens with zero attached hydrogens (tertiary/aromatic N) is 2. The fourth-order valence-electron chi connectivity index (χ4n) is 2.57. The summed E-state index contributed by atoms with van der Waals surface area (Å²) in [7, 11) is 0. The molecule has 5 heteroatoms. The highest BCUT2D eigenvalue weighted by atomic mass is 19.1. The van der Waals surface area contributed by atoms with Crippen LogP contribution in [0.1, 0.15) is 32.0 Å². The summed E-state index contributed by atoms with van der Waals surface area (Å²) in [4.78, 5) is 8.77. The van der Waals surface area contributed by atoms with Crippen molar-refractivity contribution in [3.8, 4) is 0 Å². The standard InChI is InChI=1S/C21H23FN4/c1-14-13-19(24-16-11-9-15(10-12-16)21(2,3)4)26-20(23-14)25-18-8-6-5-7-17(18)22/h5-13H,1-4H3,(H2,23,24,25,26). The maximum Gasteiger partial charge on any atom is 0.229 e. The van der Waals surface area contributed by atoms with Crippen LogP contribution in [0.15, 0.2) is 54.6 Å². The predicted octanol–water partition coefficient (Wildman–Crippen LogP) is 5.71. The van der Waals surface area contributed by atoms with Crippen molar-refractivity contribution in [3.05, 3.63) is 71.7 Å². The van der Waals surface area contributed by atoms with Gasteiger partial charge in [0.15, 0.2) is 0 Å². The molecular formula is C21H23FN4.